The monoisotopic (exact) mass is 363 g/mol. The molecule has 0 aliphatic carbocycles. The van der Waals surface area contributed by atoms with Crippen LogP contribution in [0.25, 0.3) is 11.3 Å². The van der Waals surface area contributed by atoms with Crippen LogP contribution in [0.15, 0.2) is 35.2 Å². The molecule has 0 aromatic carbocycles. The van der Waals surface area contributed by atoms with Crippen LogP contribution in [0.5, 0.6) is 0 Å². The Morgan fingerprint density at radius 2 is 2.11 bits per heavy atom. The fourth-order valence-electron chi connectivity index (χ4n) is 3.67. The van der Waals surface area contributed by atoms with Crippen molar-refractivity contribution >= 4 is 5.91 Å². The van der Waals surface area contributed by atoms with Gasteiger partial charge in [0, 0.05) is 12.7 Å². The second-order valence-electron chi connectivity index (χ2n) is 6.85. The van der Waals surface area contributed by atoms with Crippen molar-refractivity contribution in [2.24, 2.45) is 0 Å². The number of hydrogen-bond acceptors (Lipinski definition) is 6. The minimum atomic E-state index is -0.105. The summed E-state index contributed by atoms with van der Waals surface area (Å²) in [7, 11) is 0. The van der Waals surface area contributed by atoms with Crippen LogP contribution < -0.4 is 0 Å². The highest BCUT2D eigenvalue weighted by atomic mass is 16.5. The molecule has 1 aliphatic rings. The average Bonchev–Trinajstić information content (AvgIpc) is 3.28. The summed E-state index contributed by atoms with van der Waals surface area (Å²) in [5, 5.41) is 4.00. The number of pyridine rings is 1. The predicted molar refractivity (Wildman–Crippen MR) is 99.0 cm³/mol. The molecule has 1 fully saturated rings. The lowest BCUT2D eigenvalue weighted by Crippen LogP contribution is -2.32. The lowest BCUT2D eigenvalue weighted by atomic mass is 10.1. The molecule has 0 bridgehead atoms. The van der Waals surface area contributed by atoms with E-state index < -0.39 is 0 Å². The van der Waals surface area contributed by atoms with E-state index in [4.69, 9.17) is 9.51 Å². The van der Waals surface area contributed by atoms with E-state index in [-0.39, 0.29) is 11.9 Å². The average molecular weight is 363 g/mol. The minimum Gasteiger partial charge on any atom is -0.361 e. The summed E-state index contributed by atoms with van der Waals surface area (Å²) in [6.45, 7) is 6.34. The molecule has 0 radical (unpaired) electrons. The molecule has 3 aromatic heterocycles. The van der Waals surface area contributed by atoms with Crippen LogP contribution in [0, 0.1) is 20.8 Å². The zero-order valence-electron chi connectivity index (χ0n) is 15.6. The van der Waals surface area contributed by atoms with Crippen LogP contribution in [-0.2, 0) is 0 Å². The van der Waals surface area contributed by atoms with Gasteiger partial charge in [0.05, 0.1) is 41.1 Å². The van der Waals surface area contributed by atoms with Gasteiger partial charge in [-0.1, -0.05) is 11.2 Å². The first kappa shape index (κ1) is 17.3. The van der Waals surface area contributed by atoms with Gasteiger partial charge in [0.2, 0.25) is 0 Å². The summed E-state index contributed by atoms with van der Waals surface area (Å²) < 4.78 is 5.25. The van der Waals surface area contributed by atoms with Gasteiger partial charge in [0.25, 0.3) is 5.91 Å². The molecule has 1 aliphatic heterocycles. The molecule has 1 amide bonds. The first-order valence-corrected chi connectivity index (χ1v) is 9.04. The Morgan fingerprint density at radius 1 is 1.26 bits per heavy atom. The third kappa shape index (κ3) is 3.09. The second-order valence-corrected chi connectivity index (χ2v) is 6.85. The Labute approximate surface area is 157 Å². The third-order valence-corrected chi connectivity index (χ3v) is 5.01. The smallest absolute Gasteiger partial charge is 0.273 e. The molecule has 7 nitrogen and oxygen atoms in total. The van der Waals surface area contributed by atoms with Gasteiger partial charge in [-0.3, -0.25) is 14.8 Å². The summed E-state index contributed by atoms with van der Waals surface area (Å²) in [6.07, 6.45) is 6.89. The highest BCUT2D eigenvalue weighted by Crippen LogP contribution is 2.33. The summed E-state index contributed by atoms with van der Waals surface area (Å²) in [5.41, 5.74) is 4.52. The summed E-state index contributed by atoms with van der Waals surface area (Å²) in [6, 6.07) is 3.64. The molecule has 27 heavy (non-hydrogen) atoms. The van der Waals surface area contributed by atoms with Gasteiger partial charge in [-0.05, 0) is 45.2 Å². The van der Waals surface area contributed by atoms with Crippen LogP contribution in [0.3, 0.4) is 0 Å². The van der Waals surface area contributed by atoms with Gasteiger partial charge in [-0.25, -0.2) is 4.98 Å². The minimum absolute atomic E-state index is 0.0554. The van der Waals surface area contributed by atoms with Crippen LogP contribution in [0.4, 0.5) is 0 Å². The van der Waals surface area contributed by atoms with E-state index in [1.807, 2.05) is 37.8 Å². The molecule has 138 valence electrons. The SMILES string of the molecule is Cc1cccnc1C(=O)N1CCCC1c1cncc(-c2c(C)noc2C)n1. The van der Waals surface area contributed by atoms with Gasteiger partial charge < -0.3 is 9.42 Å². The van der Waals surface area contributed by atoms with Crippen LogP contribution >= 0.6 is 0 Å². The number of carbonyl (C=O) groups is 1. The second kappa shape index (κ2) is 6.90. The van der Waals surface area contributed by atoms with Crippen molar-refractivity contribution in [3.8, 4) is 11.3 Å². The lowest BCUT2D eigenvalue weighted by Gasteiger charge is -2.24. The Balaban J connectivity index is 1.68. The van der Waals surface area contributed by atoms with Crippen molar-refractivity contribution in [2.45, 2.75) is 39.7 Å². The highest BCUT2D eigenvalue weighted by Gasteiger charge is 2.33. The molecule has 3 aromatic rings. The highest BCUT2D eigenvalue weighted by molar-refractivity contribution is 5.94. The van der Waals surface area contributed by atoms with E-state index in [1.54, 1.807) is 18.6 Å². The number of carbonyl (C=O) groups excluding carboxylic acids is 1. The van der Waals surface area contributed by atoms with Crippen molar-refractivity contribution in [3.63, 3.8) is 0 Å². The Kier molecular flexibility index (Phi) is 4.43. The fourth-order valence-corrected chi connectivity index (χ4v) is 3.67. The van der Waals surface area contributed by atoms with Crippen molar-refractivity contribution < 1.29 is 9.32 Å². The lowest BCUT2D eigenvalue weighted by molar-refractivity contribution is 0.0726. The molecule has 0 spiro atoms. The Morgan fingerprint density at radius 3 is 2.85 bits per heavy atom. The molecule has 0 N–H and O–H groups in total. The van der Waals surface area contributed by atoms with Gasteiger partial charge in [-0.2, -0.15) is 0 Å². The topological polar surface area (TPSA) is 85.0 Å². The molecule has 4 rings (SSSR count). The van der Waals surface area contributed by atoms with Gasteiger partial charge in [0.15, 0.2) is 0 Å². The summed E-state index contributed by atoms with van der Waals surface area (Å²) in [4.78, 5) is 28.4. The van der Waals surface area contributed by atoms with Crippen LogP contribution in [0.1, 0.15) is 52.1 Å². The largest absolute Gasteiger partial charge is 0.361 e. The molecule has 7 heteroatoms. The van der Waals surface area contributed by atoms with Crippen LogP contribution in [0.2, 0.25) is 0 Å². The number of rotatable bonds is 3. The van der Waals surface area contributed by atoms with Gasteiger partial charge in [0.1, 0.15) is 11.5 Å². The maximum absolute atomic E-state index is 13.1. The number of aromatic nitrogens is 4. The van der Waals surface area contributed by atoms with E-state index in [0.29, 0.717) is 18.0 Å². The van der Waals surface area contributed by atoms with Crippen molar-refractivity contribution in [3.05, 3.63) is 59.1 Å². The van der Waals surface area contributed by atoms with Crippen LogP contribution in [-0.4, -0.2) is 37.5 Å². The van der Waals surface area contributed by atoms with Gasteiger partial charge >= 0.3 is 0 Å². The number of aryl methyl sites for hydroxylation is 3. The number of nitrogens with zero attached hydrogens (tertiary/aromatic N) is 5. The first-order chi connectivity index (χ1) is 13.1. The molecule has 4 heterocycles. The molecular weight excluding hydrogens is 342 g/mol. The number of amides is 1. The molecule has 0 saturated carbocycles. The van der Waals surface area contributed by atoms with Crippen molar-refractivity contribution in [1.29, 1.82) is 0 Å². The van der Waals surface area contributed by atoms with Crippen molar-refractivity contribution in [1.82, 2.24) is 25.0 Å². The molecule has 1 unspecified atom stereocenters. The normalized spacial score (nSPS) is 16.7. The fraction of sp³-hybridized carbons (Fsp3) is 0.350. The summed E-state index contributed by atoms with van der Waals surface area (Å²) in [5.74, 6) is 0.655. The summed E-state index contributed by atoms with van der Waals surface area (Å²) >= 11 is 0. The van der Waals surface area contributed by atoms with Gasteiger partial charge in [-0.15, -0.1) is 0 Å². The number of hydrogen-bond donors (Lipinski definition) is 0. The molecule has 1 atom stereocenters. The quantitative estimate of drug-likeness (QED) is 0.709. The first-order valence-electron chi connectivity index (χ1n) is 9.04. The van der Waals surface area contributed by atoms with E-state index in [2.05, 4.69) is 15.1 Å². The zero-order chi connectivity index (χ0) is 19.0. The standard InChI is InChI=1S/C20H21N5O2/c1-12-6-4-8-22-19(12)20(26)25-9-5-7-17(25)15-10-21-11-16(23-15)18-13(2)24-27-14(18)3/h4,6,8,10-11,17H,5,7,9H2,1-3H3. The Bertz CT molecular complexity index is 978. The Hall–Kier alpha value is -3.09. The molecule has 1 saturated heterocycles. The molecular formula is C20H21N5O2. The third-order valence-electron chi connectivity index (χ3n) is 5.01. The predicted octanol–water partition coefficient (Wildman–Crippen LogP) is 3.43. The van der Waals surface area contributed by atoms with E-state index >= 15 is 0 Å². The van der Waals surface area contributed by atoms with Crippen molar-refractivity contribution in [2.75, 3.05) is 6.54 Å². The maximum atomic E-state index is 13.1. The maximum Gasteiger partial charge on any atom is 0.273 e. The van der Waals surface area contributed by atoms with E-state index in [1.165, 1.54) is 0 Å². The zero-order valence-corrected chi connectivity index (χ0v) is 15.6. The number of likely N-dealkylation sites (tertiary alicyclic amines) is 1. The van der Waals surface area contributed by atoms with E-state index in [9.17, 15) is 4.79 Å². The van der Waals surface area contributed by atoms with E-state index in [0.717, 1.165) is 41.1 Å².